The fraction of sp³-hybridized carbons (Fsp3) is 0.0968. The minimum atomic E-state index is -4.18. The van der Waals surface area contributed by atoms with Gasteiger partial charge in [-0.2, -0.15) is 0 Å². The van der Waals surface area contributed by atoms with Gasteiger partial charge >= 0.3 is 193 Å². The maximum atomic E-state index is 2.67. The van der Waals surface area contributed by atoms with E-state index in [2.05, 4.69) is 126 Å². The molecule has 0 spiro atoms. The molecule has 171 valence electrons. The summed E-state index contributed by atoms with van der Waals surface area (Å²) in [7, 11) is 0. The molecule has 0 fully saturated rings. The zero-order chi connectivity index (χ0) is 21.6. The molecular formula is C31H29Cl2Zr. The Morgan fingerprint density at radius 1 is 0.618 bits per heavy atom. The van der Waals surface area contributed by atoms with E-state index in [0.717, 1.165) is 12.8 Å². The number of allylic oxidation sites excluding steroid dienone is 4. The number of hydrogen-bond acceptors (Lipinski definition) is 0. The van der Waals surface area contributed by atoms with Gasteiger partial charge in [-0.3, -0.25) is 0 Å². The molecule has 2 aliphatic rings. The Balaban J connectivity index is 0.00000137. The van der Waals surface area contributed by atoms with Crippen molar-refractivity contribution >= 4 is 34.6 Å². The van der Waals surface area contributed by atoms with Crippen LogP contribution in [-0.4, -0.2) is 0 Å². The van der Waals surface area contributed by atoms with Crippen LogP contribution in [0.25, 0.3) is 11.1 Å². The second kappa shape index (κ2) is 9.46. The molecule has 4 aromatic rings. The second-order valence-electron chi connectivity index (χ2n) is 9.47. The molecule has 4 aromatic carbocycles. The average Bonchev–Trinajstić information content (AvgIpc) is 3.54. The van der Waals surface area contributed by atoms with E-state index in [1.807, 2.05) is 0 Å². The third-order valence-corrected chi connectivity index (χ3v) is 26.1. The summed E-state index contributed by atoms with van der Waals surface area (Å²) < 4.78 is 8.96. The molecule has 2 aliphatic carbocycles. The molecule has 0 aromatic heterocycles. The summed E-state index contributed by atoms with van der Waals surface area (Å²) in [5, 5.41) is 0. The van der Waals surface area contributed by atoms with Crippen molar-refractivity contribution < 1.29 is 18.8 Å². The Bertz CT molecular complexity index is 1350. The van der Waals surface area contributed by atoms with E-state index < -0.39 is 18.8 Å². The van der Waals surface area contributed by atoms with Crippen LogP contribution in [0.15, 0.2) is 125 Å². The van der Waals surface area contributed by atoms with Crippen LogP contribution in [0, 0.1) is 0 Å². The van der Waals surface area contributed by atoms with Crippen molar-refractivity contribution in [2.24, 2.45) is 0 Å². The molecule has 3 heteroatoms. The van der Waals surface area contributed by atoms with Crippen molar-refractivity contribution in [1.82, 2.24) is 0 Å². The van der Waals surface area contributed by atoms with Crippen molar-refractivity contribution in [3.8, 4) is 11.1 Å². The first-order valence-electron chi connectivity index (χ1n) is 11.6. The monoisotopic (exact) mass is 561 g/mol. The first kappa shape index (κ1) is 24.9. The molecule has 0 saturated heterocycles. The van der Waals surface area contributed by atoms with Crippen LogP contribution in [0.5, 0.6) is 0 Å². The van der Waals surface area contributed by atoms with Gasteiger partial charge in [0.1, 0.15) is 0 Å². The van der Waals surface area contributed by atoms with Gasteiger partial charge in [0.05, 0.1) is 0 Å². The zero-order valence-corrected chi connectivity index (χ0v) is 23.4. The molecule has 0 heterocycles. The molecule has 0 radical (unpaired) electrons. The number of fused-ring (bicyclic) bond motifs is 3. The van der Waals surface area contributed by atoms with Gasteiger partial charge in [-0.05, 0) is 0 Å². The summed E-state index contributed by atoms with van der Waals surface area (Å²) in [4.78, 5) is 0. The van der Waals surface area contributed by atoms with Crippen LogP contribution in [0.1, 0.15) is 17.5 Å². The summed E-state index contributed by atoms with van der Waals surface area (Å²) in [6.07, 6.45) is 9.13. The SMILES string of the molecule is Cl.Cl.[CH3][Zr]([C]1=CC=CC1)([c]1ccccc1)([c]1ccccc1)[c]1cccc2c1Cc1ccccc1-2. The van der Waals surface area contributed by atoms with E-state index in [1.165, 1.54) is 23.2 Å². The van der Waals surface area contributed by atoms with Crippen LogP contribution in [0.4, 0.5) is 0 Å². The second-order valence-corrected chi connectivity index (χ2v) is 23.8. The van der Waals surface area contributed by atoms with E-state index >= 15 is 0 Å². The molecule has 0 atom stereocenters. The van der Waals surface area contributed by atoms with E-state index in [1.54, 1.807) is 12.1 Å². The van der Waals surface area contributed by atoms with E-state index in [-0.39, 0.29) is 24.8 Å². The predicted molar refractivity (Wildman–Crippen MR) is 149 cm³/mol. The standard InChI is InChI=1S/C13H9.2C6H5.C5H5.CH3.2ClH.Zr/c1-3-7-12-10(5-1)9-11-6-2-4-8-13(11)12;2*1-2-4-6-5-3-1;1-2-4-5-3-1;;;;/h1-5,7-8H,9H2;2*1-5H;1-3H,4H2;1H3;2*1H;. The molecular weight excluding hydrogens is 534 g/mol. The van der Waals surface area contributed by atoms with E-state index in [9.17, 15) is 0 Å². The molecule has 0 unspecified atom stereocenters. The Kier molecular flexibility index (Phi) is 6.94. The molecule has 0 aliphatic heterocycles. The fourth-order valence-electron chi connectivity index (χ4n) is 6.38. The van der Waals surface area contributed by atoms with Gasteiger partial charge in [0.15, 0.2) is 0 Å². The van der Waals surface area contributed by atoms with Gasteiger partial charge in [0.2, 0.25) is 0 Å². The van der Waals surface area contributed by atoms with Crippen LogP contribution < -0.4 is 9.81 Å². The number of rotatable bonds is 4. The molecule has 0 saturated carbocycles. The van der Waals surface area contributed by atoms with E-state index in [0.29, 0.717) is 0 Å². The third kappa shape index (κ3) is 3.36. The van der Waals surface area contributed by atoms with Crippen molar-refractivity contribution in [3.63, 3.8) is 0 Å². The Morgan fingerprint density at radius 3 is 1.82 bits per heavy atom. The number of halogens is 2. The van der Waals surface area contributed by atoms with Gasteiger partial charge in [-0.25, -0.2) is 0 Å². The summed E-state index contributed by atoms with van der Waals surface area (Å²) in [6.45, 7) is 0. The molecule has 0 bridgehead atoms. The molecule has 0 amide bonds. The molecule has 34 heavy (non-hydrogen) atoms. The van der Waals surface area contributed by atoms with Crippen molar-refractivity contribution in [3.05, 3.63) is 136 Å². The first-order chi connectivity index (χ1) is 15.7. The summed E-state index contributed by atoms with van der Waals surface area (Å²) >= 11 is -4.18. The molecule has 0 N–H and O–H groups in total. The fourth-order valence-corrected chi connectivity index (χ4v) is 22.9. The summed E-state index contributed by atoms with van der Waals surface area (Å²) in [6, 6.07) is 38.9. The summed E-state index contributed by atoms with van der Waals surface area (Å²) in [5.74, 6) is 0. The van der Waals surface area contributed by atoms with Gasteiger partial charge in [0, 0.05) is 0 Å². The van der Waals surface area contributed by atoms with E-state index in [4.69, 9.17) is 0 Å². The van der Waals surface area contributed by atoms with Crippen LogP contribution >= 0.6 is 24.8 Å². The molecule has 0 nitrogen and oxygen atoms in total. The van der Waals surface area contributed by atoms with Gasteiger partial charge in [0.25, 0.3) is 0 Å². The topological polar surface area (TPSA) is 0 Å². The van der Waals surface area contributed by atoms with Crippen molar-refractivity contribution in [1.29, 1.82) is 0 Å². The van der Waals surface area contributed by atoms with Crippen LogP contribution in [0.2, 0.25) is 4.63 Å². The van der Waals surface area contributed by atoms with Crippen LogP contribution in [0.3, 0.4) is 0 Å². The predicted octanol–water partition coefficient (Wildman–Crippen LogP) is 6.96. The maximum absolute atomic E-state index is 4.18. The quantitative estimate of drug-likeness (QED) is 0.222. The van der Waals surface area contributed by atoms with Crippen LogP contribution in [-0.2, 0) is 25.2 Å². The third-order valence-electron chi connectivity index (χ3n) is 8.09. The van der Waals surface area contributed by atoms with Gasteiger partial charge < -0.3 is 0 Å². The Labute approximate surface area is 216 Å². The van der Waals surface area contributed by atoms with Gasteiger partial charge in [-0.15, -0.1) is 24.8 Å². The zero-order valence-electron chi connectivity index (χ0n) is 19.3. The minimum absolute atomic E-state index is 0. The Morgan fingerprint density at radius 2 is 1.21 bits per heavy atom. The average molecular weight is 564 g/mol. The normalized spacial score (nSPS) is 14.6. The number of benzene rings is 4. The summed E-state index contributed by atoms with van der Waals surface area (Å²) in [5.41, 5.74) is 5.84. The van der Waals surface area contributed by atoms with Gasteiger partial charge in [-0.1, -0.05) is 0 Å². The molecule has 6 rings (SSSR count). The number of hydrogen-bond donors (Lipinski definition) is 0. The van der Waals surface area contributed by atoms with Crippen molar-refractivity contribution in [2.45, 2.75) is 17.5 Å². The Hall–Kier alpha value is -2.18. The first-order valence-corrected chi connectivity index (χ1v) is 18.9. The van der Waals surface area contributed by atoms with Crippen molar-refractivity contribution in [2.75, 3.05) is 0 Å².